The molecule has 0 atom stereocenters. The minimum atomic E-state index is 0.0851. The van der Waals surface area contributed by atoms with Crippen LogP contribution in [0.1, 0.15) is 18.1 Å². The molecule has 5 heteroatoms. The molecule has 0 spiro atoms. The molecule has 0 saturated carbocycles. The highest BCUT2D eigenvalue weighted by atomic mass is 16.6. The van der Waals surface area contributed by atoms with Gasteiger partial charge in [0.15, 0.2) is 5.88 Å². The molecule has 0 bridgehead atoms. The second-order valence-electron chi connectivity index (χ2n) is 5.23. The van der Waals surface area contributed by atoms with Crippen LogP contribution in [-0.4, -0.2) is 28.1 Å². The molecular weight excluding hydrogens is 290 g/mol. The Morgan fingerprint density at radius 2 is 1.91 bits per heavy atom. The highest BCUT2D eigenvalue weighted by Crippen LogP contribution is 2.35. The van der Waals surface area contributed by atoms with Crippen molar-refractivity contribution in [3.8, 4) is 5.88 Å². The zero-order valence-electron chi connectivity index (χ0n) is 12.6. The molecule has 0 radical (unpaired) electrons. The molecule has 1 aliphatic rings. The normalized spacial score (nSPS) is 15.0. The van der Waals surface area contributed by atoms with Gasteiger partial charge in [-0.1, -0.05) is 41.6 Å². The van der Waals surface area contributed by atoms with Crippen LogP contribution in [0.25, 0.3) is 10.9 Å². The zero-order chi connectivity index (χ0) is 15.8. The summed E-state index contributed by atoms with van der Waals surface area (Å²) in [6.07, 6.45) is 0. The number of nitrogens with zero attached hydrogens (tertiary/aromatic N) is 2. The van der Waals surface area contributed by atoms with Gasteiger partial charge in [0.1, 0.15) is 18.0 Å². The van der Waals surface area contributed by atoms with Gasteiger partial charge in [-0.05, 0) is 19.1 Å². The van der Waals surface area contributed by atoms with Crippen LogP contribution >= 0.6 is 0 Å². The number of fused-ring (bicyclic) bond motifs is 2. The summed E-state index contributed by atoms with van der Waals surface area (Å²) in [5.74, 6) is 0.0851. The van der Waals surface area contributed by atoms with Crippen LogP contribution in [0.3, 0.4) is 0 Å². The molecule has 23 heavy (non-hydrogen) atoms. The van der Waals surface area contributed by atoms with Gasteiger partial charge < -0.3 is 14.9 Å². The summed E-state index contributed by atoms with van der Waals surface area (Å²) in [6, 6.07) is 15.5. The average molecular weight is 305 g/mol. The maximum atomic E-state index is 10.4. The molecule has 0 saturated heterocycles. The Morgan fingerprint density at radius 3 is 2.78 bits per heavy atom. The molecule has 2 N–H and O–H groups in total. The summed E-state index contributed by atoms with van der Waals surface area (Å²) in [5, 5.41) is 15.5. The largest absolute Gasteiger partial charge is 0.494 e. The third-order valence-electron chi connectivity index (χ3n) is 3.82. The van der Waals surface area contributed by atoms with Gasteiger partial charge in [0.2, 0.25) is 0 Å². The number of hydrogen-bond acceptors (Lipinski definition) is 4. The maximum absolute atomic E-state index is 10.4. The molecule has 114 valence electrons. The summed E-state index contributed by atoms with van der Waals surface area (Å²) in [6.45, 7) is 2.35. The molecule has 4 rings (SSSR count). The van der Waals surface area contributed by atoms with Crippen molar-refractivity contribution >= 4 is 28.0 Å². The first-order valence-corrected chi connectivity index (χ1v) is 7.48. The fourth-order valence-electron chi connectivity index (χ4n) is 2.84. The number of aliphatic imine (C=N–C) groups is 1. The van der Waals surface area contributed by atoms with E-state index in [-0.39, 0.29) is 5.88 Å². The van der Waals surface area contributed by atoms with Crippen molar-refractivity contribution in [3.63, 3.8) is 0 Å². The molecule has 2 aromatic carbocycles. The van der Waals surface area contributed by atoms with Crippen LogP contribution in [0, 0.1) is 0 Å². The first kappa shape index (κ1) is 13.6. The maximum Gasteiger partial charge on any atom is 0.199 e. The van der Waals surface area contributed by atoms with Crippen molar-refractivity contribution in [3.05, 3.63) is 59.7 Å². The van der Waals surface area contributed by atoms with Crippen LogP contribution in [0.5, 0.6) is 5.88 Å². The second-order valence-corrected chi connectivity index (χ2v) is 5.23. The number of aromatic hydroxyl groups is 1. The standard InChI is InChI=1S/C18H15N3O2/c1-2-23-21-16-12-8-4-6-10-14(12)19-17(16)15-11-7-3-5-9-13(11)20-18(15)22/h3-10,20,22H,2H2,1H3/b21-16+. The number of oxime groups is 1. The van der Waals surface area contributed by atoms with E-state index in [4.69, 9.17) is 4.84 Å². The third kappa shape index (κ3) is 2.09. The van der Waals surface area contributed by atoms with Crippen LogP contribution in [-0.2, 0) is 4.84 Å². The summed E-state index contributed by atoms with van der Waals surface area (Å²) in [4.78, 5) is 12.9. The van der Waals surface area contributed by atoms with E-state index in [0.717, 1.165) is 22.2 Å². The topological polar surface area (TPSA) is 70.0 Å². The molecule has 0 unspecified atom stereocenters. The Labute approximate surface area is 132 Å². The SMILES string of the molecule is CCO/N=C1/C(c2c(O)[nH]c3ccccc23)=Nc2ccccc21. The number of hydrogen-bond donors (Lipinski definition) is 2. The number of nitrogens with one attached hydrogen (secondary N) is 1. The predicted molar refractivity (Wildman–Crippen MR) is 90.8 cm³/mol. The molecule has 0 amide bonds. The minimum absolute atomic E-state index is 0.0851. The first-order valence-electron chi connectivity index (χ1n) is 7.48. The summed E-state index contributed by atoms with van der Waals surface area (Å²) in [7, 11) is 0. The second kappa shape index (κ2) is 5.28. The van der Waals surface area contributed by atoms with Crippen LogP contribution in [0.4, 0.5) is 5.69 Å². The first-order chi connectivity index (χ1) is 11.3. The molecule has 0 fully saturated rings. The smallest absolute Gasteiger partial charge is 0.199 e. The molecule has 3 aromatic rings. The number of aromatic nitrogens is 1. The highest BCUT2D eigenvalue weighted by Gasteiger charge is 2.28. The zero-order valence-corrected chi connectivity index (χ0v) is 12.6. The molecule has 2 heterocycles. The fraction of sp³-hybridized carbons (Fsp3) is 0.111. The number of H-pyrrole nitrogens is 1. The molecular formula is C18H15N3O2. The fourth-order valence-corrected chi connectivity index (χ4v) is 2.84. The molecule has 5 nitrogen and oxygen atoms in total. The Balaban J connectivity index is 1.95. The molecule has 1 aromatic heterocycles. The van der Waals surface area contributed by atoms with Crippen molar-refractivity contribution in [1.82, 2.24) is 4.98 Å². The van der Waals surface area contributed by atoms with E-state index >= 15 is 0 Å². The molecule has 0 aliphatic carbocycles. The summed E-state index contributed by atoms with van der Waals surface area (Å²) >= 11 is 0. The third-order valence-corrected chi connectivity index (χ3v) is 3.82. The lowest BCUT2D eigenvalue weighted by molar-refractivity contribution is 0.159. The Kier molecular flexibility index (Phi) is 3.12. The van der Waals surface area contributed by atoms with Crippen molar-refractivity contribution in [2.24, 2.45) is 10.1 Å². The summed E-state index contributed by atoms with van der Waals surface area (Å²) < 4.78 is 0. The quantitative estimate of drug-likeness (QED) is 0.723. The van der Waals surface area contributed by atoms with Crippen molar-refractivity contribution in [2.75, 3.05) is 6.61 Å². The predicted octanol–water partition coefficient (Wildman–Crippen LogP) is 3.75. The number of para-hydroxylation sites is 2. The monoisotopic (exact) mass is 305 g/mol. The van der Waals surface area contributed by atoms with E-state index < -0.39 is 0 Å². The van der Waals surface area contributed by atoms with Gasteiger partial charge in [-0.25, -0.2) is 4.99 Å². The number of aromatic amines is 1. The Morgan fingerprint density at radius 1 is 1.13 bits per heavy atom. The lowest BCUT2D eigenvalue weighted by Gasteiger charge is -2.04. The van der Waals surface area contributed by atoms with Gasteiger partial charge in [0.05, 0.1) is 11.3 Å². The van der Waals surface area contributed by atoms with Crippen LogP contribution in [0.2, 0.25) is 0 Å². The number of rotatable bonds is 3. The van der Waals surface area contributed by atoms with E-state index in [1.807, 2.05) is 55.5 Å². The van der Waals surface area contributed by atoms with Crippen LogP contribution in [0.15, 0.2) is 58.7 Å². The number of benzene rings is 2. The van der Waals surface area contributed by atoms with E-state index in [0.29, 0.717) is 23.6 Å². The van der Waals surface area contributed by atoms with Gasteiger partial charge in [0, 0.05) is 16.5 Å². The lowest BCUT2D eigenvalue weighted by atomic mass is 10.0. The Hall–Kier alpha value is -3.08. The Bertz CT molecular complexity index is 954. The summed E-state index contributed by atoms with van der Waals surface area (Å²) in [5.41, 5.74) is 4.49. The van der Waals surface area contributed by atoms with Gasteiger partial charge in [-0.3, -0.25) is 0 Å². The van der Waals surface area contributed by atoms with Gasteiger partial charge in [-0.2, -0.15) is 0 Å². The van der Waals surface area contributed by atoms with Crippen molar-refractivity contribution in [1.29, 1.82) is 0 Å². The average Bonchev–Trinajstić information content (AvgIpc) is 3.09. The van der Waals surface area contributed by atoms with Crippen molar-refractivity contribution in [2.45, 2.75) is 6.92 Å². The van der Waals surface area contributed by atoms with E-state index in [2.05, 4.69) is 15.1 Å². The van der Waals surface area contributed by atoms with E-state index in [1.54, 1.807) is 0 Å². The van der Waals surface area contributed by atoms with Gasteiger partial charge >= 0.3 is 0 Å². The van der Waals surface area contributed by atoms with E-state index in [9.17, 15) is 5.11 Å². The van der Waals surface area contributed by atoms with Crippen molar-refractivity contribution < 1.29 is 9.94 Å². The van der Waals surface area contributed by atoms with Gasteiger partial charge in [-0.15, -0.1) is 0 Å². The highest BCUT2D eigenvalue weighted by molar-refractivity contribution is 6.58. The van der Waals surface area contributed by atoms with Gasteiger partial charge in [0.25, 0.3) is 0 Å². The minimum Gasteiger partial charge on any atom is -0.494 e. The van der Waals surface area contributed by atoms with Crippen LogP contribution < -0.4 is 0 Å². The molecule has 1 aliphatic heterocycles. The lowest BCUT2D eigenvalue weighted by Crippen LogP contribution is -2.13. The van der Waals surface area contributed by atoms with E-state index in [1.165, 1.54) is 0 Å².